The monoisotopic (exact) mass is 601 g/mol. The summed E-state index contributed by atoms with van der Waals surface area (Å²) in [6.45, 7) is 4.66. The van der Waals surface area contributed by atoms with Crippen LogP contribution in [-0.2, 0) is 23.2 Å². The number of methoxy groups -OCH3 is 1. The van der Waals surface area contributed by atoms with Crippen molar-refractivity contribution in [3.05, 3.63) is 64.5 Å². The Bertz CT molecular complexity index is 1550. The van der Waals surface area contributed by atoms with Gasteiger partial charge in [0.15, 0.2) is 5.75 Å². The highest BCUT2D eigenvalue weighted by atomic mass is 16.6. The van der Waals surface area contributed by atoms with Gasteiger partial charge in [0.25, 0.3) is 0 Å². The standard InChI is InChI=1S/C32H39N7O5/c1-36-21-23(19-33-36)25-17-28(39(42)43)29(44-2)18-27(25)38-14-10-32(11-15-38)8-12-37(13-9-32)20-22-4-3-5-24(16-22)34-26-6-7-30(40)35-31(26)41/h3-5,16-19,21,26,34H,6-15,20H2,1-2H3,(H,35,40,41). The summed E-state index contributed by atoms with van der Waals surface area (Å²) in [5.74, 6) is -0.209. The molecule has 3 aliphatic heterocycles. The van der Waals surface area contributed by atoms with E-state index in [1.807, 2.05) is 31.4 Å². The maximum absolute atomic E-state index is 12.2. The minimum Gasteiger partial charge on any atom is -0.490 e. The molecule has 232 valence electrons. The average Bonchev–Trinajstić information content (AvgIpc) is 3.46. The number of likely N-dealkylation sites (tertiary alicyclic amines) is 1. The zero-order chi connectivity index (χ0) is 30.8. The van der Waals surface area contributed by atoms with Crippen LogP contribution in [0.3, 0.4) is 0 Å². The number of rotatable bonds is 8. The second-order valence-electron chi connectivity index (χ2n) is 12.3. The number of nitrogens with one attached hydrogen (secondary N) is 2. The summed E-state index contributed by atoms with van der Waals surface area (Å²) < 4.78 is 7.14. The van der Waals surface area contributed by atoms with Crippen molar-refractivity contribution in [2.45, 2.75) is 51.1 Å². The normalized spacial score (nSPS) is 20.4. The summed E-state index contributed by atoms with van der Waals surface area (Å²) in [6.07, 6.45) is 8.89. The predicted octanol–water partition coefficient (Wildman–Crippen LogP) is 4.10. The fourth-order valence-electron chi connectivity index (χ4n) is 6.87. The van der Waals surface area contributed by atoms with Crippen molar-refractivity contribution in [1.82, 2.24) is 20.0 Å². The summed E-state index contributed by atoms with van der Waals surface area (Å²) in [5.41, 5.74) is 4.92. The number of nitrogens with zero attached hydrogens (tertiary/aromatic N) is 5. The number of ether oxygens (including phenoxy) is 1. The highest BCUT2D eigenvalue weighted by Gasteiger charge is 2.38. The van der Waals surface area contributed by atoms with Crippen LogP contribution in [-0.4, -0.2) is 70.7 Å². The number of piperidine rings is 3. The van der Waals surface area contributed by atoms with Crippen LogP contribution in [0.2, 0.25) is 0 Å². The smallest absolute Gasteiger partial charge is 0.311 e. The molecule has 0 saturated carbocycles. The van der Waals surface area contributed by atoms with E-state index in [9.17, 15) is 19.7 Å². The molecular weight excluding hydrogens is 562 g/mol. The van der Waals surface area contributed by atoms with Crippen molar-refractivity contribution in [1.29, 1.82) is 0 Å². The number of carbonyl (C=O) groups is 2. The molecule has 1 aromatic heterocycles. The van der Waals surface area contributed by atoms with Crippen molar-refractivity contribution >= 4 is 28.9 Å². The van der Waals surface area contributed by atoms with Gasteiger partial charge in [0, 0.05) is 73.9 Å². The third-order valence-electron chi connectivity index (χ3n) is 9.50. The molecule has 3 aliphatic rings. The van der Waals surface area contributed by atoms with Gasteiger partial charge in [0.2, 0.25) is 11.8 Å². The van der Waals surface area contributed by atoms with Crippen molar-refractivity contribution < 1.29 is 19.2 Å². The zero-order valence-corrected chi connectivity index (χ0v) is 25.3. The Balaban J connectivity index is 1.08. The molecule has 0 aliphatic carbocycles. The molecule has 4 heterocycles. The maximum Gasteiger partial charge on any atom is 0.311 e. The van der Waals surface area contributed by atoms with Gasteiger partial charge in [-0.05, 0) is 68.3 Å². The summed E-state index contributed by atoms with van der Waals surface area (Å²) in [4.78, 5) is 39.9. The Morgan fingerprint density at radius 3 is 2.52 bits per heavy atom. The molecule has 1 unspecified atom stereocenters. The highest BCUT2D eigenvalue weighted by Crippen LogP contribution is 2.46. The molecule has 6 rings (SSSR count). The van der Waals surface area contributed by atoms with Gasteiger partial charge in [-0.25, -0.2) is 0 Å². The third kappa shape index (κ3) is 6.26. The van der Waals surface area contributed by atoms with E-state index in [2.05, 4.69) is 37.7 Å². The third-order valence-corrected chi connectivity index (χ3v) is 9.50. The van der Waals surface area contributed by atoms with Crippen LogP contribution in [0, 0.1) is 15.5 Å². The van der Waals surface area contributed by atoms with E-state index in [0.717, 1.165) is 80.9 Å². The topological polar surface area (TPSA) is 135 Å². The molecule has 1 spiro atoms. The van der Waals surface area contributed by atoms with E-state index >= 15 is 0 Å². The lowest BCUT2D eigenvalue weighted by molar-refractivity contribution is -0.385. The molecule has 0 radical (unpaired) electrons. The van der Waals surface area contributed by atoms with Crippen molar-refractivity contribution in [2.75, 3.05) is 43.5 Å². The highest BCUT2D eigenvalue weighted by molar-refractivity contribution is 6.01. The number of aromatic nitrogens is 2. The summed E-state index contributed by atoms with van der Waals surface area (Å²) >= 11 is 0. The second-order valence-corrected chi connectivity index (χ2v) is 12.3. The van der Waals surface area contributed by atoms with E-state index in [-0.39, 0.29) is 23.3 Å². The van der Waals surface area contributed by atoms with E-state index in [1.165, 1.54) is 12.7 Å². The molecule has 2 N–H and O–H groups in total. The number of benzene rings is 2. The van der Waals surface area contributed by atoms with Crippen LogP contribution in [0.15, 0.2) is 48.8 Å². The molecule has 2 aromatic carbocycles. The van der Waals surface area contributed by atoms with Crippen LogP contribution in [0.5, 0.6) is 5.75 Å². The molecule has 12 heteroatoms. The van der Waals surface area contributed by atoms with Gasteiger partial charge in [-0.3, -0.25) is 34.6 Å². The quantitative estimate of drug-likeness (QED) is 0.222. The van der Waals surface area contributed by atoms with Crippen LogP contribution in [0.4, 0.5) is 17.1 Å². The second kappa shape index (κ2) is 12.3. The number of nitro benzene ring substituents is 1. The lowest BCUT2D eigenvalue weighted by Gasteiger charge is -2.47. The molecule has 3 aromatic rings. The Morgan fingerprint density at radius 2 is 1.86 bits per heavy atom. The molecule has 3 saturated heterocycles. The van der Waals surface area contributed by atoms with E-state index in [4.69, 9.17) is 4.74 Å². The van der Waals surface area contributed by atoms with Gasteiger partial charge >= 0.3 is 5.69 Å². The lowest BCUT2D eigenvalue weighted by atomic mass is 9.71. The Morgan fingerprint density at radius 1 is 1.11 bits per heavy atom. The van der Waals surface area contributed by atoms with Crippen LogP contribution in [0.25, 0.3) is 11.1 Å². The SMILES string of the molecule is COc1cc(N2CCC3(CCN(Cc4cccc(NC5CCC(=O)NC5=O)c4)CC3)CC2)c(-c2cnn(C)c2)cc1[N+](=O)[O-]. The van der Waals surface area contributed by atoms with Gasteiger partial charge < -0.3 is 15.0 Å². The minimum absolute atomic E-state index is 0.0479. The number of anilines is 2. The first-order valence-corrected chi connectivity index (χ1v) is 15.2. The minimum atomic E-state index is -0.396. The van der Waals surface area contributed by atoms with E-state index in [0.29, 0.717) is 18.3 Å². The number of amides is 2. The summed E-state index contributed by atoms with van der Waals surface area (Å²) in [5, 5.41) is 21.8. The first kappa shape index (κ1) is 29.6. The van der Waals surface area contributed by atoms with Crippen molar-refractivity contribution in [3.8, 4) is 16.9 Å². The Labute approximate surface area is 256 Å². The maximum atomic E-state index is 12.2. The van der Waals surface area contributed by atoms with Gasteiger partial charge in [-0.2, -0.15) is 5.10 Å². The fourth-order valence-corrected chi connectivity index (χ4v) is 6.87. The Kier molecular flexibility index (Phi) is 8.26. The molecular formula is C32H39N7O5. The molecule has 0 bridgehead atoms. The van der Waals surface area contributed by atoms with Crippen molar-refractivity contribution in [3.63, 3.8) is 0 Å². The number of carbonyl (C=O) groups excluding carboxylic acids is 2. The molecule has 1 atom stereocenters. The van der Waals surface area contributed by atoms with Crippen LogP contribution in [0.1, 0.15) is 44.1 Å². The summed E-state index contributed by atoms with van der Waals surface area (Å²) in [7, 11) is 3.31. The Hall–Kier alpha value is -4.45. The number of hydrogen-bond donors (Lipinski definition) is 2. The first-order chi connectivity index (χ1) is 21.2. The van der Waals surface area contributed by atoms with Crippen LogP contribution < -0.4 is 20.3 Å². The van der Waals surface area contributed by atoms with Gasteiger partial charge in [-0.1, -0.05) is 12.1 Å². The van der Waals surface area contributed by atoms with E-state index in [1.54, 1.807) is 16.9 Å². The van der Waals surface area contributed by atoms with Crippen molar-refractivity contribution in [2.24, 2.45) is 12.5 Å². The van der Waals surface area contributed by atoms with Crippen LogP contribution >= 0.6 is 0 Å². The number of aryl methyl sites for hydroxylation is 1. The zero-order valence-electron chi connectivity index (χ0n) is 25.3. The predicted molar refractivity (Wildman–Crippen MR) is 166 cm³/mol. The molecule has 3 fully saturated rings. The largest absolute Gasteiger partial charge is 0.490 e. The first-order valence-electron chi connectivity index (χ1n) is 15.2. The summed E-state index contributed by atoms with van der Waals surface area (Å²) in [6, 6.07) is 11.2. The van der Waals surface area contributed by atoms with E-state index < -0.39 is 11.0 Å². The average molecular weight is 602 g/mol. The molecule has 44 heavy (non-hydrogen) atoms. The fraction of sp³-hybridized carbons (Fsp3) is 0.469. The number of hydrogen-bond acceptors (Lipinski definition) is 9. The van der Waals surface area contributed by atoms with Gasteiger partial charge in [0.05, 0.1) is 18.2 Å². The number of nitro groups is 1. The van der Waals surface area contributed by atoms with Gasteiger partial charge in [0.1, 0.15) is 6.04 Å². The molecule has 2 amide bonds. The molecule has 12 nitrogen and oxygen atoms in total. The lowest BCUT2D eigenvalue weighted by Crippen LogP contribution is -2.47. The number of imide groups is 1. The van der Waals surface area contributed by atoms with Gasteiger partial charge in [-0.15, -0.1) is 0 Å².